The van der Waals surface area contributed by atoms with Crippen molar-refractivity contribution in [3.05, 3.63) is 28.8 Å². The monoisotopic (exact) mass is 207 g/mol. The van der Waals surface area contributed by atoms with Gasteiger partial charge < -0.3 is 10.4 Å². The van der Waals surface area contributed by atoms with E-state index in [0.717, 1.165) is 17.7 Å². The van der Waals surface area contributed by atoms with Crippen molar-refractivity contribution in [2.24, 2.45) is 0 Å². The highest BCUT2D eigenvalue weighted by Gasteiger charge is 2.09. The Balaban J connectivity index is 2.80. The number of aromatic hydroxyl groups is 1. The summed E-state index contributed by atoms with van der Waals surface area (Å²) in [6.45, 7) is 11.1. The number of benzene rings is 1. The summed E-state index contributed by atoms with van der Waals surface area (Å²) in [5, 5.41) is 13.1. The van der Waals surface area contributed by atoms with E-state index in [4.69, 9.17) is 0 Å². The molecule has 0 atom stereocenters. The van der Waals surface area contributed by atoms with Crippen LogP contribution in [0, 0.1) is 13.8 Å². The Morgan fingerprint density at radius 1 is 1.13 bits per heavy atom. The Labute approximate surface area is 92.3 Å². The molecule has 0 aliphatic rings. The molecule has 0 amide bonds. The van der Waals surface area contributed by atoms with Gasteiger partial charge in [-0.15, -0.1) is 0 Å². The third kappa shape index (κ3) is 3.56. The SMILES string of the molecule is Cc1cc(CNC(C)(C)C)cc(C)c1O. The first-order chi connectivity index (χ1) is 6.79. The molecule has 1 rings (SSSR count). The van der Waals surface area contributed by atoms with E-state index in [2.05, 4.69) is 26.1 Å². The summed E-state index contributed by atoms with van der Waals surface area (Å²) in [7, 11) is 0. The molecule has 0 saturated carbocycles. The highest BCUT2D eigenvalue weighted by molar-refractivity contribution is 5.42. The minimum absolute atomic E-state index is 0.125. The Kier molecular flexibility index (Phi) is 3.40. The average Bonchev–Trinajstić information content (AvgIpc) is 2.09. The van der Waals surface area contributed by atoms with Gasteiger partial charge in [0, 0.05) is 12.1 Å². The largest absolute Gasteiger partial charge is 0.507 e. The van der Waals surface area contributed by atoms with E-state index in [1.165, 1.54) is 5.56 Å². The third-order valence-electron chi connectivity index (χ3n) is 2.37. The molecule has 0 heterocycles. The quantitative estimate of drug-likeness (QED) is 0.781. The van der Waals surface area contributed by atoms with Gasteiger partial charge in [0.15, 0.2) is 0 Å². The molecule has 2 heteroatoms. The minimum Gasteiger partial charge on any atom is -0.507 e. The van der Waals surface area contributed by atoms with E-state index in [1.807, 2.05) is 26.0 Å². The number of hydrogen-bond donors (Lipinski definition) is 2. The standard InChI is InChI=1S/C13H21NO/c1-9-6-11(7-10(2)12(9)15)8-14-13(3,4)5/h6-7,14-15H,8H2,1-5H3. The van der Waals surface area contributed by atoms with Crippen molar-refractivity contribution in [1.29, 1.82) is 0 Å². The lowest BCUT2D eigenvalue weighted by Crippen LogP contribution is -2.35. The fourth-order valence-corrected chi connectivity index (χ4v) is 1.51. The zero-order valence-electron chi connectivity index (χ0n) is 10.3. The first kappa shape index (κ1) is 12.1. The fraction of sp³-hybridized carbons (Fsp3) is 0.538. The molecule has 0 aliphatic carbocycles. The second-order valence-corrected chi connectivity index (χ2v) is 5.18. The van der Waals surface area contributed by atoms with Gasteiger partial charge in [-0.05, 0) is 51.3 Å². The van der Waals surface area contributed by atoms with Crippen molar-refractivity contribution in [3.63, 3.8) is 0 Å². The van der Waals surface area contributed by atoms with Crippen LogP contribution in [0.15, 0.2) is 12.1 Å². The summed E-state index contributed by atoms with van der Waals surface area (Å²) in [6.07, 6.45) is 0. The molecule has 84 valence electrons. The first-order valence-corrected chi connectivity index (χ1v) is 5.34. The maximum atomic E-state index is 9.64. The van der Waals surface area contributed by atoms with Gasteiger partial charge in [-0.2, -0.15) is 0 Å². The Morgan fingerprint density at radius 2 is 1.60 bits per heavy atom. The Bertz CT molecular complexity index is 327. The summed E-state index contributed by atoms with van der Waals surface area (Å²) < 4.78 is 0. The summed E-state index contributed by atoms with van der Waals surface area (Å²) in [4.78, 5) is 0. The number of rotatable bonds is 2. The molecule has 1 aromatic rings. The molecule has 0 radical (unpaired) electrons. The van der Waals surface area contributed by atoms with Gasteiger partial charge in [-0.3, -0.25) is 0 Å². The number of nitrogens with one attached hydrogen (secondary N) is 1. The average molecular weight is 207 g/mol. The van der Waals surface area contributed by atoms with Crippen molar-refractivity contribution < 1.29 is 5.11 Å². The molecule has 0 aromatic heterocycles. The third-order valence-corrected chi connectivity index (χ3v) is 2.37. The summed E-state index contributed by atoms with van der Waals surface area (Å²) in [6, 6.07) is 4.06. The maximum absolute atomic E-state index is 9.64. The van der Waals surface area contributed by atoms with Crippen LogP contribution in [-0.4, -0.2) is 10.6 Å². The highest BCUT2D eigenvalue weighted by Crippen LogP contribution is 2.23. The van der Waals surface area contributed by atoms with Crippen LogP contribution in [0.2, 0.25) is 0 Å². The predicted molar refractivity (Wildman–Crippen MR) is 64.2 cm³/mol. The molecule has 0 aliphatic heterocycles. The molecule has 0 fully saturated rings. The van der Waals surface area contributed by atoms with E-state index in [9.17, 15) is 5.11 Å². The predicted octanol–water partition coefficient (Wildman–Crippen LogP) is 2.90. The fourth-order valence-electron chi connectivity index (χ4n) is 1.51. The summed E-state index contributed by atoms with van der Waals surface area (Å²) >= 11 is 0. The van der Waals surface area contributed by atoms with Crippen molar-refractivity contribution in [1.82, 2.24) is 5.32 Å². The normalized spacial score (nSPS) is 11.8. The van der Waals surface area contributed by atoms with Crippen LogP contribution < -0.4 is 5.32 Å². The van der Waals surface area contributed by atoms with E-state index in [0.29, 0.717) is 5.75 Å². The number of aryl methyl sites for hydroxylation is 2. The number of phenols is 1. The van der Waals surface area contributed by atoms with Gasteiger partial charge >= 0.3 is 0 Å². The van der Waals surface area contributed by atoms with E-state index in [1.54, 1.807) is 0 Å². The van der Waals surface area contributed by atoms with Gasteiger partial charge in [0.2, 0.25) is 0 Å². The van der Waals surface area contributed by atoms with Crippen molar-refractivity contribution in [3.8, 4) is 5.75 Å². The zero-order chi connectivity index (χ0) is 11.6. The van der Waals surface area contributed by atoms with Crippen molar-refractivity contribution in [2.45, 2.75) is 46.7 Å². The van der Waals surface area contributed by atoms with Crippen LogP contribution in [0.25, 0.3) is 0 Å². The van der Waals surface area contributed by atoms with Gasteiger partial charge in [-0.1, -0.05) is 12.1 Å². The smallest absolute Gasteiger partial charge is 0.121 e. The van der Waals surface area contributed by atoms with Gasteiger partial charge in [0.25, 0.3) is 0 Å². The second kappa shape index (κ2) is 4.23. The van der Waals surface area contributed by atoms with Crippen LogP contribution in [0.4, 0.5) is 0 Å². The molecule has 2 nitrogen and oxygen atoms in total. The zero-order valence-corrected chi connectivity index (χ0v) is 10.3. The molecule has 1 aromatic carbocycles. The molecule has 15 heavy (non-hydrogen) atoms. The molecule has 2 N–H and O–H groups in total. The van der Waals surface area contributed by atoms with E-state index in [-0.39, 0.29) is 5.54 Å². The number of hydrogen-bond acceptors (Lipinski definition) is 2. The Hall–Kier alpha value is -1.02. The van der Waals surface area contributed by atoms with Crippen LogP contribution in [0.5, 0.6) is 5.75 Å². The number of phenolic OH excluding ortho intramolecular Hbond substituents is 1. The summed E-state index contributed by atoms with van der Waals surface area (Å²) in [5.41, 5.74) is 3.24. The van der Waals surface area contributed by atoms with E-state index < -0.39 is 0 Å². The molecule has 0 unspecified atom stereocenters. The lowest BCUT2D eigenvalue weighted by molar-refractivity contribution is 0.423. The van der Waals surface area contributed by atoms with Gasteiger partial charge in [-0.25, -0.2) is 0 Å². The van der Waals surface area contributed by atoms with Crippen LogP contribution in [0.1, 0.15) is 37.5 Å². The van der Waals surface area contributed by atoms with Gasteiger partial charge in [0.05, 0.1) is 0 Å². The Morgan fingerprint density at radius 3 is 2.00 bits per heavy atom. The molecule has 0 saturated heterocycles. The van der Waals surface area contributed by atoms with E-state index >= 15 is 0 Å². The van der Waals surface area contributed by atoms with Crippen LogP contribution >= 0.6 is 0 Å². The second-order valence-electron chi connectivity index (χ2n) is 5.18. The first-order valence-electron chi connectivity index (χ1n) is 5.34. The molecule has 0 spiro atoms. The topological polar surface area (TPSA) is 32.3 Å². The maximum Gasteiger partial charge on any atom is 0.121 e. The van der Waals surface area contributed by atoms with Crippen LogP contribution in [0.3, 0.4) is 0 Å². The molecule has 0 bridgehead atoms. The minimum atomic E-state index is 0.125. The van der Waals surface area contributed by atoms with Crippen molar-refractivity contribution >= 4 is 0 Å². The lowest BCUT2D eigenvalue weighted by Gasteiger charge is -2.21. The van der Waals surface area contributed by atoms with Crippen molar-refractivity contribution in [2.75, 3.05) is 0 Å². The lowest BCUT2D eigenvalue weighted by atomic mass is 10.0. The van der Waals surface area contributed by atoms with Gasteiger partial charge in [0.1, 0.15) is 5.75 Å². The molecular formula is C13H21NO. The highest BCUT2D eigenvalue weighted by atomic mass is 16.3. The van der Waals surface area contributed by atoms with Crippen LogP contribution in [-0.2, 0) is 6.54 Å². The molecular weight excluding hydrogens is 186 g/mol. The summed E-state index contributed by atoms with van der Waals surface area (Å²) in [5.74, 6) is 0.412.